The molecular formula is C12H10BrF2N3. The Labute approximate surface area is 111 Å². The second-order valence-corrected chi connectivity index (χ2v) is 4.66. The summed E-state index contributed by atoms with van der Waals surface area (Å²) in [4.78, 5) is 4.06. The molecule has 0 aliphatic carbocycles. The van der Waals surface area contributed by atoms with E-state index in [1.54, 1.807) is 13.0 Å². The Kier molecular flexibility index (Phi) is 3.47. The number of hydrogen-bond donors (Lipinski definition) is 2. The average Bonchev–Trinajstić information content (AvgIpc) is 2.25. The molecule has 0 saturated carbocycles. The zero-order valence-electron chi connectivity index (χ0n) is 9.47. The van der Waals surface area contributed by atoms with E-state index in [2.05, 4.69) is 26.2 Å². The Bertz CT molecular complexity index is 579. The molecule has 1 aromatic heterocycles. The van der Waals surface area contributed by atoms with Crippen molar-refractivity contribution < 1.29 is 8.78 Å². The van der Waals surface area contributed by atoms with Gasteiger partial charge in [-0.3, -0.25) is 0 Å². The lowest BCUT2D eigenvalue weighted by Crippen LogP contribution is -2.01. The topological polar surface area (TPSA) is 50.9 Å². The Morgan fingerprint density at radius 2 is 2.00 bits per heavy atom. The van der Waals surface area contributed by atoms with Crippen LogP contribution in [0.5, 0.6) is 0 Å². The van der Waals surface area contributed by atoms with Crippen LogP contribution >= 0.6 is 15.9 Å². The van der Waals surface area contributed by atoms with E-state index in [0.717, 1.165) is 11.6 Å². The molecule has 0 amide bonds. The molecule has 18 heavy (non-hydrogen) atoms. The highest BCUT2D eigenvalue weighted by Crippen LogP contribution is 2.30. The lowest BCUT2D eigenvalue weighted by atomic mass is 10.2. The molecule has 0 saturated heterocycles. The van der Waals surface area contributed by atoms with Gasteiger partial charge in [-0.15, -0.1) is 0 Å². The quantitative estimate of drug-likeness (QED) is 0.887. The van der Waals surface area contributed by atoms with Crippen molar-refractivity contribution in [2.45, 2.75) is 6.92 Å². The van der Waals surface area contributed by atoms with Crippen LogP contribution in [0.2, 0.25) is 0 Å². The molecule has 1 aromatic carbocycles. The Morgan fingerprint density at radius 1 is 1.28 bits per heavy atom. The third-order valence-corrected chi connectivity index (χ3v) is 2.98. The van der Waals surface area contributed by atoms with Gasteiger partial charge in [-0.05, 0) is 40.5 Å². The number of hydrogen-bond acceptors (Lipinski definition) is 3. The molecule has 3 nitrogen and oxygen atoms in total. The predicted molar refractivity (Wildman–Crippen MR) is 70.7 cm³/mol. The second-order valence-electron chi connectivity index (χ2n) is 3.80. The van der Waals surface area contributed by atoms with Gasteiger partial charge in [0.05, 0.1) is 17.6 Å². The summed E-state index contributed by atoms with van der Waals surface area (Å²) < 4.78 is 26.9. The number of rotatable bonds is 2. The van der Waals surface area contributed by atoms with Crippen molar-refractivity contribution in [1.82, 2.24) is 4.98 Å². The van der Waals surface area contributed by atoms with Crippen LogP contribution in [0.3, 0.4) is 0 Å². The summed E-state index contributed by atoms with van der Waals surface area (Å²) in [5.41, 5.74) is 7.01. The zero-order chi connectivity index (χ0) is 13.3. The van der Waals surface area contributed by atoms with Crippen LogP contribution < -0.4 is 11.1 Å². The molecule has 6 heteroatoms. The first-order chi connectivity index (χ1) is 8.47. The van der Waals surface area contributed by atoms with E-state index in [-0.39, 0.29) is 10.2 Å². The molecule has 0 fully saturated rings. The minimum Gasteiger partial charge on any atom is -0.397 e. The molecule has 0 atom stereocenters. The number of nitrogens with one attached hydrogen (secondary N) is 1. The van der Waals surface area contributed by atoms with Gasteiger partial charge in [0.15, 0.2) is 5.82 Å². The zero-order valence-corrected chi connectivity index (χ0v) is 11.1. The van der Waals surface area contributed by atoms with Crippen LogP contribution in [-0.4, -0.2) is 4.98 Å². The largest absolute Gasteiger partial charge is 0.397 e. The van der Waals surface area contributed by atoms with E-state index in [9.17, 15) is 8.78 Å². The highest BCUT2D eigenvalue weighted by Gasteiger charge is 2.11. The van der Waals surface area contributed by atoms with Crippen LogP contribution in [0.15, 0.2) is 28.9 Å². The predicted octanol–water partition coefficient (Wildman–Crippen LogP) is 3.76. The number of nitrogens with two attached hydrogens (primary N) is 1. The molecular weight excluding hydrogens is 304 g/mol. The molecule has 3 N–H and O–H groups in total. The monoisotopic (exact) mass is 313 g/mol. The Hall–Kier alpha value is -1.69. The molecule has 0 bridgehead atoms. The fourth-order valence-corrected chi connectivity index (χ4v) is 2.01. The van der Waals surface area contributed by atoms with Crippen molar-refractivity contribution in [2.24, 2.45) is 0 Å². The number of benzene rings is 1. The fourth-order valence-electron chi connectivity index (χ4n) is 1.51. The van der Waals surface area contributed by atoms with Crippen LogP contribution in [0.4, 0.5) is 26.0 Å². The number of nitrogen functional groups attached to an aromatic ring is 1. The number of aromatic nitrogens is 1. The van der Waals surface area contributed by atoms with E-state index in [0.29, 0.717) is 11.5 Å². The van der Waals surface area contributed by atoms with Gasteiger partial charge in [0.1, 0.15) is 11.6 Å². The highest BCUT2D eigenvalue weighted by atomic mass is 79.9. The third kappa shape index (κ3) is 2.59. The number of aryl methyl sites for hydroxylation is 1. The normalized spacial score (nSPS) is 10.4. The highest BCUT2D eigenvalue weighted by molar-refractivity contribution is 9.10. The molecule has 2 aromatic rings. The van der Waals surface area contributed by atoms with Gasteiger partial charge in [0.2, 0.25) is 0 Å². The first kappa shape index (κ1) is 12.8. The van der Waals surface area contributed by atoms with Crippen molar-refractivity contribution in [3.63, 3.8) is 0 Å². The van der Waals surface area contributed by atoms with Gasteiger partial charge in [0, 0.05) is 10.5 Å². The molecule has 1 heterocycles. The maximum absolute atomic E-state index is 13.6. The van der Waals surface area contributed by atoms with E-state index < -0.39 is 11.6 Å². The van der Waals surface area contributed by atoms with Crippen molar-refractivity contribution in [3.05, 3.63) is 46.1 Å². The van der Waals surface area contributed by atoms with Crippen molar-refractivity contribution in [2.75, 3.05) is 11.1 Å². The van der Waals surface area contributed by atoms with Gasteiger partial charge in [-0.1, -0.05) is 0 Å². The summed E-state index contributed by atoms with van der Waals surface area (Å²) in [5.74, 6) is -0.873. The molecule has 0 aliphatic rings. The lowest BCUT2D eigenvalue weighted by Gasteiger charge is -2.11. The maximum Gasteiger partial charge on any atom is 0.150 e. The third-order valence-electron chi connectivity index (χ3n) is 2.35. The fraction of sp³-hybridized carbons (Fsp3) is 0.0833. The van der Waals surface area contributed by atoms with Crippen molar-refractivity contribution in [1.29, 1.82) is 0 Å². The summed E-state index contributed by atoms with van der Waals surface area (Å²) in [5, 5.41) is 2.81. The lowest BCUT2D eigenvalue weighted by molar-refractivity contribution is 0.584. The van der Waals surface area contributed by atoms with Gasteiger partial charge in [-0.25, -0.2) is 13.8 Å². The summed E-state index contributed by atoms with van der Waals surface area (Å²) >= 11 is 3.10. The molecule has 94 valence electrons. The summed E-state index contributed by atoms with van der Waals surface area (Å²) in [6.45, 7) is 1.79. The second kappa shape index (κ2) is 4.89. The first-order valence-corrected chi connectivity index (χ1v) is 5.90. The maximum atomic E-state index is 13.6. The van der Waals surface area contributed by atoms with E-state index in [1.165, 1.54) is 12.3 Å². The Balaban J connectivity index is 2.40. The van der Waals surface area contributed by atoms with Crippen LogP contribution in [-0.2, 0) is 0 Å². The van der Waals surface area contributed by atoms with E-state index >= 15 is 0 Å². The van der Waals surface area contributed by atoms with Gasteiger partial charge < -0.3 is 11.1 Å². The summed E-state index contributed by atoms with van der Waals surface area (Å²) in [6, 6.07) is 3.70. The number of pyridine rings is 1. The number of halogens is 3. The Morgan fingerprint density at radius 3 is 2.61 bits per heavy atom. The van der Waals surface area contributed by atoms with Crippen LogP contribution in [0, 0.1) is 18.6 Å². The molecule has 0 spiro atoms. The van der Waals surface area contributed by atoms with Crippen molar-refractivity contribution >= 4 is 33.1 Å². The smallest absolute Gasteiger partial charge is 0.150 e. The number of anilines is 3. The van der Waals surface area contributed by atoms with E-state index in [4.69, 9.17) is 5.73 Å². The first-order valence-electron chi connectivity index (χ1n) is 5.11. The minimum atomic E-state index is -0.695. The molecule has 0 radical (unpaired) electrons. The molecule has 0 aliphatic heterocycles. The summed E-state index contributed by atoms with van der Waals surface area (Å²) in [7, 11) is 0. The van der Waals surface area contributed by atoms with Crippen LogP contribution in [0.1, 0.15) is 5.56 Å². The van der Waals surface area contributed by atoms with Gasteiger partial charge >= 0.3 is 0 Å². The molecule has 2 rings (SSSR count). The van der Waals surface area contributed by atoms with Crippen LogP contribution in [0.25, 0.3) is 0 Å². The SMILES string of the molecule is Cc1cc(N)cnc1Nc1c(F)cc(F)cc1Br. The van der Waals surface area contributed by atoms with Crippen molar-refractivity contribution in [3.8, 4) is 0 Å². The standard InChI is InChI=1S/C12H10BrF2N3/c1-6-2-8(16)5-17-12(6)18-11-9(13)3-7(14)4-10(11)15/h2-5H,16H2,1H3,(H,17,18). The minimum absolute atomic E-state index is 0.136. The average molecular weight is 314 g/mol. The van der Waals surface area contributed by atoms with Gasteiger partial charge in [-0.2, -0.15) is 0 Å². The van der Waals surface area contributed by atoms with Gasteiger partial charge in [0.25, 0.3) is 0 Å². The number of nitrogens with zero attached hydrogens (tertiary/aromatic N) is 1. The van der Waals surface area contributed by atoms with E-state index in [1.807, 2.05) is 0 Å². The molecule has 0 unspecified atom stereocenters. The summed E-state index contributed by atoms with van der Waals surface area (Å²) in [6.07, 6.45) is 1.46.